The maximum absolute atomic E-state index is 12.4. The Morgan fingerprint density at radius 3 is 2.37 bits per heavy atom. The van der Waals surface area contributed by atoms with Gasteiger partial charge in [-0.1, -0.05) is 54.9 Å². The summed E-state index contributed by atoms with van der Waals surface area (Å²) in [6.45, 7) is 8.10. The highest BCUT2D eigenvalue weighted by atomic mass is 35.5. The molecule has 3 rings (SSSR count). The molecule has 0 unspecified atom stereocenters. The number of hydrogen-bond donors (Lipinski definition) is 1. The molecule has 2 aromatic carbocycles. The average Bonchev–Trinajstić information content (AvgIpc) is 2.69. The summed E-state index contributed by atoms with van der Waals surface area (Å²) >= 11 is 6.29. The van der Waals surface area contributed by atoms with Crippen molar-refractivity contribution in [3.63, 3.8) is 0 Å². The van der Waals surface area contributed by atoms with E-state index in [4.69, 9.17) is 11.6 Å². The Hall–Kier alpha value is -2.04. The van der Waals surface area contributed by atoms with Crippen molar-refractivity contribution in [3.8, 4) is 0 Å². The molecule has 2 aromatic rings. The highest BCUT2D eigenvalue weighted by Crippen LogP contribution is 2.26. The molecule has 1 atom stereocenters. The Labute approximate surface area is 167 Å². The second-order valence-electron chi connectivity index (χ2n) is 7.10. The molecule has 1 N–H and O–H groups in total. The topological polar surface area (TPSA) is 35.6 Å². The van der Waals surface area contributed by atoms with Crippen LogP contribution in [-0.2, 0) is 11.2 Å². The number of para-hydroxylation sites is 1. The van der Waals surface area contributed by atoms with Crippen LogP contribution in [0.5, 0.6) is 0 Å². The molecule has 1 fully saturated rings. The van der Waals surface area contributed by atoms with Gasteiger partial charge in [0.05, 0.1) is 23.3 Å². The Bertz CT molecular complexity index is 754. The minimum Gasteiger partial charge on any atom is -0.368 e. The first-order chi connectivity index (χ1) is 13.1. The van der Waals surface area contributed by atoms with Gasteiger partial charge in [0.1, 0.15) is 0 Å². The summed E-state index contributed by atoms with van der Waals surface area (Å²) < 4.78 is 0. The van der Waals surface area contributed by atoms with Gasteiger partial charge in [-0.05, 0) is 36.6 Å². The van der Waals surface area contributed by atoms with E-state index < -0.39 is 0 Å². The molecule has 1 aliphatic rings. The van der Waals surface area contributed by atoms with E-state index in [2.05, 4.69) is 52.4 Å². The van der Waals surface area contributed by atoms with Crippen LogP contribution >= 0.6 is 11.6 Å². The molecule has 0 bridgehead atoms. The van der Waals surface area contributed by atoms with Crippen LogP contribution in [0, 0.1) is 0 Å². The van der Waals surface area contributed by atoms with Crippen LogP contribution in [0.25, 0.3) is 0 Å². The lowest BCUT2D eigenvalue weighted by atomic mass is 10.1. The van der Waals surface area contributed by atoms with Crippen LogP contribution in [0.2, 0.25) is 5.02 Å². The number of piperazine rings is 1. The second kappa shape index (κ2) is 9.25. The molecule has 1 heterocycles. The maximum atomic E-state index is 12.4. The quantitative estimate of drug-likeness (QED) is 0.819. The first-order valence-corrected chi connectivity index (χ1v) is 10.0. The number of carbonyl (C=O) groups is 1. The Kier molecular flexibility index (Phi) is 6.75. The van der Waals surface area contributed by atoms with E-state index in [0.29, 0.717) is 6.54 Å². The number of halogens is 1. The minimum atomic E-state index is 0.0211. The summed E-state index contributed by atoms with van der Waals surface area (Å²) in [4.78, 5) is 16.9. The predicted octanol–water partition coefficient (Wildman–Crippen LogP) is 3.90. The van der Waals surface area contributed by atoms with Gasteiger partial charge in [-0.3, -0.25) is 9.69 Å². The average molecular weight is 386 g/mol. The SMILES string of the molecule is CCc1ccc([C@H](C)NC(=O)CN2CCN(c3ccccc3Cl)CC2)cc1. The van der Waals surface area contributed by atoms with Gasteiger partial charge in [0, 0.05) is 26.2 Å². The zero-order chi connectivity index (χ0) is 19.2. The standard InChI is InChI=1S/C22H28ClN3O/c1-3-18-8-10-19(11-9-18)17(2)24-22(27)16-25-12-14-26(15-13-25)21-7-5-4-6-20(21)23/h4-11,17H,3,12-16H2,1-2H3,(H,24,27)/t17-/m0/s1. The number of aryl methyl sites for hydroxylation is 1. The summed E-state index contributed by atoms with van der Waals surface area (Å²) in [5, 5.41) is 3.90. The minimum absolute atomic E-state index is 0.0211. The van der Waals surface area contributed by atoms with Crippen molar-refractivity contribution in [2.45, 2.75) is 26.3 Å². The van der Waals surface area contributed by atoms with E-state index in [-0.39, 0.29) is 11.9 Å². The summed E-state index contributed by atoms with van der Waals surface area (Å²) in [6, 6.07) is 16.4. The molecular formula is C22H28ClN3O. The highest BCUT2D eigenvalue weighted by Gasteiger charge is 2.21. The molecule has 1 saturated heterocycles. The van der Waals surface area contributed by atoms with E-state index in [1.165, 1.54) is 5.56 Å². The number of benzene rings is 2. The summed E-state index contributed by atoms with van der Waals surface area (Å²) in [5.74, 6) is 0.0771. The largest absolute Gasteiger partial charge is 0.368 e. The maximum Gasteiger partial charge on any atom is 0.234 e. The van der Waals surface area contributed by atoms with Crippen LogP contribution in [0.15, 0.2) is 48.5 Å². The van der Waals surface area contributed by atoms with E-state index >= 15 is 0 Å². The zero-order valence-corrected chi connectivity index (χ0v) is 16.9. The predicted molar refractivity (Wildman–Crippen MR) is 112 cm³/mol. The molecular weight excluding hydrogens is 358 g/mol. The van der Waals surface area contributed by atoms with Crippen molar-refractivity contribution in [2.24, 2.45) is 0 Å². The number of rotatable bonds is 6. The van der Waals surface area contributed by atoms with Crippen molar-refractivity contribution in [2.75, 3.05) is 37.6 Å². The summed E-state index contributed by atoms with van der Waals surface area (Å²) in [6.07, 6.45) is 1.03. The lowest BCUT2D eigenvalue weighted by Gasteiger charge is -2.36. The molecule has 4 nitrogen and oxygen atoms in total. The third kappa shape index (κ3) is 5.24. The van der Waals surface area contributed by atoms with Crippen molar-refractivity contribution in [1.82, 2.24) is 10.2 Å². The fourth-order valence-electron chi connectivity index (χ4n) is 3.47. The molecule has 1 amide bonds. The Morgan fingerprint density at radius 2 is 1.74 bits per heavy atom. The first-order valence-electron chi connectivity index (χ1n) is 9.67. The fraction of sp³-hybridized carbons (Fsp3) is 0.409. The first kappa shape index (κ1) is 19.7. The highest BCUT2D eigenvalue weighted by molar-refractivity contribution is 6.33. The molecule has 1 aliphatic heterocycles. The van der Waals surface area contributed by atoms with Crippen LogP contribution in [-0.4, -0.2) is 43.5 Å². The van der Waals surface area contributed by atoms with Gasteiger partial charge in [0.25, 0.3) is 0 Å². The zero-order valence-electron chi connectivity index (χ0n) is 16.1. The van der Waals surface area contributed by atoms with Gasteiger partial charge in [-0.25, -0.2) is 0 Å². The summed E-state index contributed by atoms with van der Waals surface area (Å²) in [7, 11) is 0. The molecule has 0 aliphatic carbocycles. The van der Waals surface area contributed by atoms with E-state index in [1.54, 1.807) is 0 Å². The van der Waals surface area contributed by atoms with Crippen LogP contribution < -0.4 is 10.2 Å². The van der Waals surface area contributed by atoms with E-state index in [9.17, 15) is 4.79 Å². The van der Waals surface area contributed by atoms with Gasteiger partial charge in [0.15, 0.2) is 0 Å². The number of carbonyl (C=O) groups excluding carboxylic acids is 1. The Balaban J connectivity index is 1.47. The third-order valence-corrected chi connectivity index (χ3v) is 5.52. The summed E-state index contributed by atoms with van der Waals surface area (Å²) in [5.41, 5.74) is 3.53. The van der Waals surface area contributed by atoms with Crippen LogP contribution in [0.1, 0.15) is 31.0 Å². The molecule has 0 radical (unpaired) electrons. The Morgan fingerprint density at radius 1 is 1.07 bits per heavy atom. The fourth-order valence-corrected chi connectivity index (χ4v) is 3.73. The smallest absolute Gasteiger partial charge is 0.234 e. The normalized spacial score (nSPS) is 16.2. The van der Waals surface area contributed by atoms with Crippen molar-refractivity contribution in [1.29, 1.82) is 0 Å². The molecule has 0 saturated carbocycles. The van der Waals surface area contributed by atoms with Gasteiger partial charge >= 0.3 is 0 Å². The molecule has 27 heavy (non-hydrogen) atoms. The van der Waals surface area contributed by atoms with Gasteiger partial charge < -0.3 is 10.2 Å². The number of nitrogens with one attached hydrogen (secondary N) is 1. The monoisotopic (exact) mass is 385 g/mol. The molecule has 0 aromatic heterocycles. The number of nitrogens with zero attached hydrogens (tertiary/aromatic N) is 2. The van der Waals surface area contributed by atoms with Gasteiger partial charge in [-0.2, -0.15) is 0 Å². The number of amides is 1. The van der Waals surface area contributed by atoms with Crippen LogP contribution in [0.3, 0.4) is 0 Å². The van der Waals surface area contributed by atoms with Crippen molar-refractivity contribution in [3.05, 3.63) is 64.7 Å². The van der Waals surface area contributed by atoms with Crippen LogP contribution in [0.4, 0.5) is 5.69 Å². The lowest BCUT2D eigenvalue weighted by Crippen LogP contribution is -2.49. The number of hydrogen-bond acceptors (Lipinski definition) is 3. The van der Waals surface area contributed by atoms with E-state index in [0.717, 1.165) is 48.9 Å². The lowest BCUT2D eigenvalue weighted by molar-refractivity contribution is -0.123. The van der Waals surface area contributed by atoms with E-state index in [1.807, 2.05) is 25.1 Å². The third-order valence-electron chi connectivity index (χ3n) is 5.20. The molecule has 0 spiro atoms. The van der Waals surface area contributed by atoms with Gasteiger partial charge in [0.2, 0.25) is 5.91 Å². The molecule has 5 heteroatoms. The number of anilines is 1. The van der Waals surface area contributed by atoms with Crippen molar-refractivity contribution >= 4 is 23.2 Å². The second-order valence-corrected chi connectivity index (χ2v) is 7.51. The van der Waals surface area contributed by atoms with Gasteiger partial charge in [-0.15, -0.1) is 0 Å². The molecule has 144 valence electrons. The van der Waals surface area contributed by atoms with Crippen molar-refractivity contribution < 1.29 is 4.79 Å².